The van der Waals surface area contributed by atoms with Gasteiger partial charge in [-0.2, -0.15) is 0 Å². The van der Waals surface area contributed by atoms with E-state index in [-0.39, 0.29) is 0 Å². The van der Waals surface area contributed by atoms with Gasteiger partial charge in [0.1, 0.15) is 0 Å². The third-order valence-corrected chi connectivity index (χ3v) is 3.79. The van der Waals surface area contributed by atoms with Gasteiger partial charge >= 0.3 is 0 Å². The molecular formula is C16H20N4. The number of imidazole rings is 1. The predicted molar refractivity (Wildman–Crippen MR) is 82.2 cm³/mol. The van der Waals surface area contributed by atoms with Crippen molar-refractivity contribution in [1.82, 2.24) is 15.3 Å². The molecule has 1 heterocycles. The summed E-state index contributed by atoms with van der Waals surface area (Å²) in [5, 5.41) is 3.40. The molecule has 1 saturated carbocycles. The molecule has 4 nitrogen and oxygen atoms in total. The van der Waals surface area contributed by atoms with Gasteiger partial charge in [-0.3, -0.25) is 0 Å². The lowest BCUT2D eigenvalue weighted by Gasteiger charge is -2.21. The molecule has 104 valence electrons. The fourth-order valence-corrected chi connectivity index (χ4v) is 2.62. The van der Waals surface area contributed by atoms with Crippen LogP contribution in [0.2, 0.25) is 0 Å². The Morgan fingerprint density at radius 3 is 2.65 bits per heavy atom. The minimum Gasteiger partial charge on any atom is -0.373 e. The topological polar surface area (TPSA) is 53.1 Å². The Hall–Kier alpha value is -2.10. The van der Waals surface area contributed by atoms with Crippen molar-refractivity contribution in [1.29, 1.82) is 0 Å². The third kappa shape index (κ3) is 3.26. The van der Waals surface area contributed by atoms with Crippen LogP contribution in [0.3, 0.4) is 0 Å². The molecule has 4 heteroatoms. The fourth-order valence-electron chi connectivity index (χ4n) is 2.62. The van der Waals surface area contributed by atoms with E-state index in [0.29, 0.717) is 6.04 Å². The quantitative estimate of drug-likeness (QED) is 0.656. The number of aromatic nitrogens is 2. The van der Waals surface area contributed by atoms with E-state index >= 15 is 0 Å². The number of hydrogen-bond acceptors (Lipinski definition) is 2. The highest BCUT2D eigenvalue weighted by Gasteiger charge is 2.10. The van der Waals surface area contributed by atoms with Gasteiger partial charge in [0, 0.05) is 17.8 Å². The van der Waals surface area contributed by atoms with Crippen LogP contribution in [0.25, 0.3) is 11.3 Å². The van der Waals surface area contributed by atoms with Crippen molar-refractivity contribution in [2.75, 3.05) is 0 Å². The summed E-state index contributed by atoms with van der Waals surface area (Å²) in [4.78, 5) is 11.7. The number of nitrogens with one attached hydrogen (secondary N) is 2. The van der Waals surface area contributed by atoms with E-state index in [1.54, 1.807) is 6.33 Å². The van der Waals surface area contributed by atoms with Crippen molar-refractivity contribution in [3.05, 3.63) is 36.8 Å². The Bertz CT molecular complexity index is 536. The van der Waals surface area contributed by atoms with Crippen molar-refractivity contribution in [3.8, 4) is 11.3 Å². The van der Waals surface area contributed by atoms with Crippen LogP contribution in [0, 0.1) is 0 Å². The minimum absolute atomic E-state index is 0.607. The first-order chi connectivity index (χ1) is 9.92. The van der Waals surface area contributed by atoms with Crippen molar-refractivity contribution < 1.29 is 0 Å². The number of nitrogens with zero attached hydrogens (tertiary/aromatic N) is 2. The molecule has 0 radical (unpaired) electrons. The maximum atomic E-state index is 4.46. The minimum atomic E-state index is 0.607. The van der Waals surface area contributed by atoms with Crippen molar-refractivity contribution in [3.63, 3.8) is 0 Å². The largest absolute Gasteiger partial charge is 0.373 e. The standard InChI is InChI=1S/C16H20N4/c1-2-4-14(5-3-1)18-12-19-15-8-6-13(7-9-15)16-10-17-11-20-16/h6-12,14H,1-5H2,(H,17,20)(H,18,19). The number of aliphatic imine (C=N–C) groups is 1. The molecule has 20 heavy (non-hydrogen) atoms. The second kappa shape index (κ2) is 6.37. The molecule has 3 rings (SSSR count). The molecule has 0 unspecified atom stereocenters. The molecule has 0 atom stereocenters. The molecule has 1 aliphatic rings. The summed E-state index contributed by atoms with van der Waals surface area (Å²) in [6.07, 6.45) is 12.0. The summed E-state index contributed by atoms with van der Waals surface area (Å²) in [5.41, 5.74) is 3.03. The van der Waals surface area contributed by atoms with E-state index in [4.69, 9.17) is 0 Å². The zero-order valence-corrected chi connectivity index (χ0v) is 11.5. The average molecular weight is 268 g/mol. The Labute approximate surface area is 119 Å². The average Bonchev–Trinajstić information content (AvgIpc) is 3.03. The van der Waals surface area contributed by atoms with Crippen LogP contribution in [0.1, 0.15) is 32.1 Å². The van der Waals surface area contributed by atoms with Crippen molar-refractivity contribution in [2.24, 2.45) is 4.99 Å². The van der Waals surface area contributed by atoms with Crippen LogP contribution in [0.4, 0.5) is 5.69 Å². The van der Waals surface area contributed by atoms with Gasteiger partial charge in [0.15, 0.2) is 0 Å². The Morgan fingerprint density at radius 2 is 1.95 bits per heavy atom. The maximum absolute atomic E-state index is 4.46. The number of hydrogen-bond donors (Lipinski definition) is 2. The molecule has 2 N–H and O–H groups in total. The molecule has 1 aromatic carbocycles. The molecule has 0 aliphatic heterocycles. The van der Waals surface area contributed by atoms with Gasteiger partial charge in [0.25, 0.3) is 0 Å². The summed E-state index contributed by atoms with van der Waals surface area (Å²) >= 11 is 0. The van der Waals surface area contributed by atoms with E-state index in [0.717, 1.165) is 16.9 Å². The number of benzene rings is 1. The van der Waals surface area contributed by atoms with Gasteiger partial charge in [-0.05, 0) is 25.0 Å². The van der Waals surface area contributed by atoms with Crippen LogP contribution in [0.15, 0.2) is 41.8 Å². The van der Waals surface area contributed by atoms with Gasteiger partial charge in [0.05, 0.1) is 24.0 Å². The van der Waals surface area contributed by atoms with Crippen LogP contribution < -0.4 is 5.32 Å². The smallest absolute Gasteiger partial charge is 0.0927 e. The van der Waals surface area contributed by atoms with Gasteiger partial charge in [-0.15, -0.1) is 0 Å². The Kier molecular flexibility index (Phi) is 4.11. The van der Waals surface area contributed by atoms with Gasteiger partial charge in [-0.25, -0.2) is 9.98 Å². The predicted octanol–water partition coefficient (Wildman–Crippen LogP) is 3.66. The lowest BCUT2D eigenvalue weighted by Crippen LogP contribution is -2.29. The fraction of sp³-hybridized carbons (Fsp3) is 0.375. The number of rotatable bonds is 4. The van der Waals surface area contributed by atoms with E-state index in [1.165, 1.54) is 32.1 Å². The second-order valence-corrected chi connectivity index (χ2v) is 5.26. The van der Waals surface area contributed by atoms with Crippen molar-refractivity contribution >= 4 is 12.0 Å². The monoisotopic (exact) mass is 268 g/mol. The van der Waals surface area contributed by atoms with Gasteiger partial charge in [0.2, 0.25) is 0 Å². The molecule has 2 aromatic rings. The summed E-state index contributed by atoms with van der Waals surface area (Å²) in [7, 11) is 0. The first-order valence-corrected chi connectivity index (χ1v) is 7.29. The third-order valence-electron chi connectivity index (χ3n) is 3.79. The zero-order valence-electron chi connectivity index (χ0n) is 11.5. The van der Waals surface area contributed by atoms with Crippen LogP contribution >= 0.6 is 0 Å². The lowest BCUT2D eigenvalue weighted by molar-refractivity contribution is 0.416. The highest BCUT2D eigenvalue weighted by molar-refractivity contribution is 5.65. The highest BCUT2D eigenvalue weighted by Crippen LogP contribution is 2.20. The zero-order chi connectivity index (χ0) is 13.6. The highest BCUT2D eigenvalue weighted by atomic mass is 15.0. The molecule has 1 fully saturated rings. The lowest BCUT2D eigenvalue weighted by atomic mass is 9.96. The molecule has 0 amide bonds. The maximum Gasteiger partial charge on any atom is 0.0927 e. The second-order valence-electron chi connectivity index (χ2n) is 5.26. The molecule has 1 aromatic heterocycles. The molecular weight excluding hydrogens is 248 g/mol. The Morgan fingerprint density at radius 1 is 1.15 bits per heavy atom. The van der Waals surface area contributed by atoms with E-state index < -0.39 is 0 Å². The first-order valence-electron chi connectivity index (χ1n) is 7.29. The summed E-state index contributed by atoms with van der Waals surface area (Å²) < 4.78 is 0. The SMILES string of the molecule is C(=N\c1ccc(-c2c[nH]cn2)cc1)/NC1CCCCC1. The van der Waals surface area contributed by atoms with E-state index in [2.05, 4.69) is 20.3 Å². The number of H-pyrrole nitrogens is 1. The van der Waals surface area contributed by atoms with Crippen molar-refractivity contribution in [2.45, 2.75) is 38.1 Å². The Balaban J connectivity index is 1.57. The van der Waals surface area contributed by atoms with Gasteiger partial charge < -0.3 is 10.3 Å². The molecule has 0 bridgehead atoms. The summed E-state index contributed by atoms with van der Waals surface area (Å²) in [5.74, 6) is 0. The van der Waals surface area contributed by atoms with Crippen LogP contribution in [-0.2, 0) is 0 Å². The van der Waals surface area contributed by atoms with E-state index in [9.17, 15) is 0 Å². The summed E-state index contributed by atoms with van der Waals surface area (Å²) in [6, 6.07) is 8.73. The van der Waals surface area contributed by atoms with Crippen LogP contribution in [-0.4, -0.2) is 22.3 Å². The molecule has 0 spiro atoms. The number of aromatic amines is 1. The van der Waals surface area contributed by atoms with Crippen LogP contribution in [0.5, 0.6) is 0 Å². The van der Waals surface area contributed by atoms with Gasteiger partial charge in [-0.1, -0.05) is 31.4 Å². The molecule has 0 saturated heterocycles. The normalized spacial score (nSPS) is 16.6. The first kappa shape index (κ1) is 12.9. The molecule has 1 aliphatic carbocycles. The summed E-state index contributed by atoms with van der Waals surface area (Å²) in [6.45, 7) is 0. The van der Waals surface area contributed by atoms with E-state index in [1.807, 2.05) is 36.8 Å².